The van der Waals surface area contributed by atoms with E-state index in [2.05, 4.69) is 11.9 Å². The Labute approximate surface area is 87.6 Å². The van der Waals surface area contributed by atoms with Crippen LogP contribution in [-0.2, 0) is 4.74 Å². The summed E-state index contributed by atoms with van der Waals surface area (Å²) in [5.41, 5.74) is 6.05. The molecule has 0 aliphatic carbocycles. The lowest BCUT2D eigenvalue weighted by molar-refractivity contribution is 0.0619. The molecule has 1 fully saturated rings. The van der Waals surface area contributed by atoms with Crippen molar-refractivity contribution >= 4 is 0 Å². The largest absolute Gasteiger partial charge is 0.384 e. The predicted molar refractivity (Wildman–Crippen MR) is 59.3 cm³/mol. The monoisotopic (exact) mass is 200 g/mol. The topological polar surface area (TPSA) is 38.5 Å². The number of nitrogens with zero attached hydrogens (tertiary/aromatic N) is 1. The van der Waals surface area contributed by atoms with E-state index >= 15 is 0 Å². The summed E-state index contributed by atoms with van der Waals surface area (Å²) in [5.74, 6) is 0. The zero-order valence-corrected chi connectivity index (χ0v) is 9.59. The zero-order valence-electron chi connectivity index (χ0n) is 9.59. The molecule has 1 rings (SSSR count). The van der Waals surface area contributed by atoms with Gasteiger partial charge in [-0.2, -0.15) is 0 Å². The van der Waals surface area contributed by atoms with Crippen molar-refractivity contribution in [2.75, 3.05) is 40.4 Å². The fraction of sp³-hybridized carbons (Fsp3) is 1.00. The van der Waals surface area contributed by atoms with E-state index in [1.165, 1.54) is 32.4 Å². The van der Waals surface area contributed by atoms with E-state index in [1.54, 1.807) is 7.11 Å². The van der Waals surface area contributed by atoms with Crippen LogP contribution in [0.15, 0.2) is 0 Å². The van der Waals surface area contributed by atoms with Gasteiger partial charge < -0.3 is 15.4 Å². The maximum Gasteiger partial charge on any atom is 0.0519 e. The van der Waals surface area contributed by atoms with Crippen molar-refractivity contribution in [3.05, 3.63) is 0 Å². The first kappa shape index (κ1) is 12.0. The highest BCUT2D eigenvalue weighted by Crippen LogP contribution is 2.34. The molecular weight excluding hydrogens is 176 g/mol. The second kappa shape index (κ2) is 5.69. The first-order valence-electron chi connectivity index (χ1n) is 5.60. The van der Waals surface area contributed by atoms with Crippen molar-refractivity contribution < 1.29 is 4.74 Å². The van der Waals surface area contributed by atoms with Crippen LogP contribution < -0.4 is 5.73 Å². The molecule has 3 nitrogen and oxygen atoms in total. The Balaban J connectivity index is 2.55. The van der Waals surface area contributed by atoms with Crippen molar-refractivity contribution in [2.24, 2.45) is 11.1 Å². The molecule has 14 heavy (non-hydrogen) atoms. The van der Waals surface area contributed by atoms with E-state index in [4.69, 9.17) is 10.5 Å². The van der Waals surface area contributed by atoms with Crippen LogP contribution in [0, 0.1) is 5.41 Å². The van der Waals surface area contributed by atoms with E-state index in [-0.39, 0.29) is 0 Å². The molecule has 1 atom stereocenters. The second-order valence-corrected chi connectivity index (χ2v) is 4.63. The molecule has 1 unspecified atom stereocenters. The molecule has 2 N–H and O–H groups in total. The first-order valence-corrected chi connectivity index (χ1v) is 5.60. The molecule has 1 saturated heterocycles. The minimum absolute atomic E-state index is 0.355. The maximum atomic E-state index is 5.69. The summed E-state index contributed by atoms with van der Waals surface area (Å²) >= 11 is 0. The van der Waals surface area contributed by atoms with Crippen molar-refractivity contribution in [2.45, 2.75) is 25.7 Å². The highest BCUT2D eigenvalue weighted by atomic mass is 16.5. The Kier molecular flexibility index (Phi) is 4.85. The van der Waals surface area contributed by atoms with Crippen LogP contribution in [0.5, 0.6) is 0 Å². The van der Waals surface area contributed by atoms with Crippen molar-refractivity contribution in [3.63, 3.8) is 0 Å². The zero-order chi connectivity index (χ0) is 10.4. The molecule has 1 aliphatic rings. The fourth-order valence-electron chi connectivity index (χ4n) is 2.47. The predicted octanol–water partition coefficient (Wildman–Crippen LogP) is 1.08. The molecule has 0 radical (unpaired) electrons. The van der Waals surface area contributed by atoms with Gasteiger partial charge in [-0.05, 0) is 57.8 Å². The van der Waals surface area contributed by atoms with Gasteiger partial charge in [-0.25, -0.2) is 0 Å². The van der Waals surface area contributed by atoms with Crippen LogP contribution in [0.2, 0.25) is 0 Å². The average Bonchev–Trinajstić information content (AvgIpc) is 2.31. The first-order chi connectivity index (χ1) is 6.72. The molecule has 1 heterocycles. The molecule has 3 heteroatoms. The molecule has 84 valence electrons. The lowest BCUT2D eigenvalue weighted by atomic mass is 9.78. The second-order valence-electron chi connectivity index (χ2n) is 4.63. The third-order valence-electron chi connectivity index (χ3n) is 3.40. The van der Waals surface area contributed by atoms with Crippen LogP contribution in [0.1, 0.15) is 25.7 Å². The van der Waals surface area contributed by atoms with E-state index in [1.807, 2.05) is 0 Å². The molecule has 0 spiro atoms. The van der Waals surface area contributed by atoms with Gasteiger partial charge in [0.1, 0.15) is 0 Å². The number of hydrogen-bond donors (Lipinski definition) is 1. The summed E-state index contributed by atoms with van der Waals surface area (Å²) in [6.45, 7) is 4.06. The third kappa shape index (κ3) is 3.23. The number of rotatable bonds is 4. The minimum Gasteiger partial charge on any atom is -0.384 e. The van der Waals surface area contributed by atoms with Crippen LogP contribution in [0.4, 0.5) is 0 Å². The van der Waals surface area contributed by atoms with Gasteiger partial charge in [0.15, 0.2) is 0 Å². The summed E-state index contributed by atoms with van der Waals surface area (Å²) in [6.07, 6.45) is 4.88. The Bertz CT molecular complexity index is 155. The van der Waals surface area contributed by atoms with Crippen LogP contribution in [0.3, 0.4) is 0 Å². The van der Waals surface area contributed by atoms with Crippen molar-refractivity contribution in [1.29, 1.82) is 0 Å². The summed E-state index contributed by atoms with van der Waals surface area (Å²) in [5, 5.41) is 0. The summed E-state index contributed by atoms with van der Waals surface area (Å²) in [6, 6.07) is 0. The summed E-state index contributed by atoms with van der Waals surface area (Å²) in [4.78, 5) is 2.41. The van der Waals surface area contributed by atoms with Gasteiger partial charge in [-0.3, -0.25) is 0 Å². The minimum atomic E-state index is 0.355. The SMILES string of the molecule is COCC1(CCN)CCCN(C)CC1. The highest BCUT2D eigenvalue weighted by Gasteiger charge is 2.31. The lowest BCUT2D eigenvalue weighted by Gasteiger charge is -2.31. The number of ether oxygens (including phenoxy) is 1. The van der Waals surface area contributed by atoms with E-state index < -0.39 is 0 Å². The normalized spacial score (nSPS) is 30.2. The van der Waals surface area contributed by atoms with E-state index in [9.17, 15) is 0 Å². The number of nitrogens with two attached hydrogens (primary N) is 1. The summed E-state index contributed by atoms with van der Waals surface area (Å²) in [7, 11) is 4.00. The number of likely N-dealkylation sites (tertiary alicyclic amines) is 1. The summed E-state index contributed by atoms with van der Waals surface area (Å²) < 4.78 is 5.35. The Morgan fingerprint density at radius 2 is 2.14 bits per heavy atom. The smallest absolute Gasteiger partial charge is 0.0519 e. The Morgan fingerprint density at radius 1 is 1.36 bits per heavy atom. The van der Waals surface area contributed by atoms with Gasteiger partial charge in [-0.1, -0.05) is 0 Å². The van der Waals surface area contributed by atoms with Crippen LogP contribution in [0.25, 0.3) is 0 Å². The van der Waals surface area contributed by atoms with Gasteiger partial charge >= 0.3 is 0 Å². The quantitative estimate of drug-likeness (QED) is 0.738. The van der Waals surface area contributed by atoms with E-state index in [0.717, 1.165) is 19.6 Å². The average molecular weight is 200 g/mol. The van der Waals surface area contributed by atoms with Gasteiger partial charge in [0, 0.05) is 7.11 Å². The Morgan fingerprint density at radius 3 is 2.79 bits per heavy atom. The van der Waals surface area contributed by atoms with Gasteiger partial charge in [0.2, 0.25) is 0 Å². The molecule has 1 aliphatic heterocycles. The van der Waals surface area contributed by atoms with Crippen LogP contribution >= 0.6 is 0 Å². The van der Waals surface area contributed by atoms with Crippen molar-refractivity contribution in [3.8, 4) is 0 Å². The molecule has 0 saturated carbocycles. The Hall–Kier alpha value is -0.120. The fourth-order valence-corrected chi connectivity index (χ4v) is 2.47. The van der Waals surface area contributed by atoms with E-state index in [0.29, 0.717) is 5.41 Å². The third-order valence-corrected chi connectivity index (χ3v) is 3.40. The molecular formula is C11H24N2O. The van der Waals surface area contributed by atoms with Crippen LogP contribution in [-0.4, -0.2) is 45.3 Å². The number of methoxy groups -OCH3 is 1. The van der Waals surface area contributed by atoms with Crippen molar-refractivity contribution in [1.82, 2.24) is 4.90 Å². The molecule has 0 aromatic heterocycles. The van der Waals surface area contributed by atoms with Gasteiger partial charge in [-0.15, -0.1) is 0 Å². The molecule has 0 bridgehead atoms. The molecule has 0 aromatic rings. The molecule has 0 aromatic carbocycles. The highest BCUT2D eigenvalue weighted by molar-refractivity contribution is 4.83. The number of hydrogen-bond acceptors (Lipinski definition) is 3. The standard InChI is InChI=1S/C11H24N2O/c1-13-8-3-4-11(5-7-12,6-9-13)10-14-2/h3-10,12H2,1-2H3. The molecule has 0 amide bonds. The lowest BCUT2D eigenvalue weighted by Crippen LogP contribution is -2.31. The van der Waals surface area contributed by atoms with Gasteiger partial charge in [0.25, 0.3) is 0 Å². The maximum absolute atomic E-state index is 5.69. The van der Waals surface area contributed by atoms with Gasteiger partial charge in [0.05, 0.1) is 6.61 Å².